The van der Waals surface area contributed by atoms with Gasteiger partial charge in [-0.05, 0) is 51.0 Å². The number of carbonyl (C=O) groups is 2. The minimum Gasteiger partial charge on any atom is -0.535 e. The summed E-state index contributed by atoms with van der Waals surface area (Å²) in [5.74, 6) is -0.0385. The molecule has 0 saturated carbocycles. The number of nitrogens with one attached hydrogen (secondary N) is 1. The van der Waals surface area contributed by atoms with Crippen LogP contribution in [0.2, 0.25) is 0 Å². The standard InChI is InChI=1S/C23H29BNO8/c1-14-6-9-16(12-18(21(26)27)25-22(28)32-23(2,3)4)20(19(14)33-24-29)31-13-15-7-10-17(30-5)11-8-15/h6-11,18,29H,12-13H2,1-5H3,(H,25,28)(H,26,27)/t18-/m0/s1. The highest BCUT2D eigenvalue weighted by Crippen LogP contribution is 2.36. The number of ether oxygens (including phenoxy) is 3. The second-order valence-electron chi connectivity index (χ2n) is 8.30. The number of carboxylic acids is 1. The van der Waals surface area contributed by atoms with Gasteiger partial charge in [0.25, 0.3) is 0 Å². The van der Waals surface area contributed by atoms with Crippen LogP contribution in [0.5, 0.6) is 17.2 Å². The highest BCUT2D eigenvalue weighted by Gasteiger charge is 2.26. The summed E-state index contributed by atoms with van der Waals surface area (Å²) in [7, 11) is 2.10. The van der Waals surface area contributed by atoms with Crippen molar-refractivity contribution in [3.8, 4) is 17.2 Å². The lowest BCUT2D eigenvalue weighted by Gasteiger charge is -2.23. The normalized spacial score (nSPS) is 11.8. The van der Waals surface area contributed by atoms with Crippen molar-refractivity contribution in [2.24, 2.45) is 0 Å². The average molecular weight is 458 g/mol. The quantitative estimate of drug-likeness (QED) is 0.465. The molecule has 0 spiro atoms. The number of carboxylic acid groups (broad SMARTS) is 1. The summed E-state index contributed by atoms with van der Waals surface area (Å²) in [6, 6.07) is 9.36. The number of aliphatic carboxylic acids is 1. The van der Waals surface area contributed by atoms with Gasteiger partial charge in [0.15, 0.2) is 5.75 Å². The highest BCUT2D eigenvalue weighted by atomic mass is 16.6. The minimum absolute atomic E-state index is 0.103. The van der Waals surface area contributed by atoms with E-state index in [0.29, 0.717) is 24.6 Å². The van der Waals surface area contributed by atoms with E-state index in [1.807, 2.05) is 12.1 Å². The number of methoxy groups -OCH3 is 1. The van der Waals surface area contributed by atoms with E-state index < -0.39 is 23.7 Å². The number of hydrogen-bond acceptors (Lipinski definition) is 7. The molecular formula is C23H29BNO8. The average Bonchev–Trinajstić information content (AvgIpc) is 2.74. The molecule has 0 bridgehead atoms. The molecule has 0 fully saturated rings. The van der Waals surface area contributed by atoms with Gasteiger partial charge in [-0.2, -0.15) is 0 Å². The smallest absolute Gasteiger partial charge is 0.535 e. The van der Waals surface area contributed by atoms with Crippen LogP contribution in [-0.2, 0) is 22.6 Å². The van der Waals surface area contributed by atoms with Crippen molar-refractivity contribution in [2.75, 3.05) is 7.11 Å². The molecular weight excluding hydrogens is 429 g/mol. The molecule has 177 valence electrons. The lowest BCUT2D eigenvalue weighted by atomic mass is 10.0. The maximum atomic E-state index is 12.1. The van der Waals surface area contributed by atoms with Crippen LogP contribution in [0.25, 0.3) is 0 Å². The molecule has 0 saturated heterocycles. The van der Waals surface area contributed by atoms with Crippen LogP contribution < -0.4 is 19.4 Å². The Morgan fingerprint density at radius 1 is 1.09 bits per heavy atom. The molecule has 0 aliphatic carbocycles. The van der Waals surface area contributed by atoms with Gasteiger partial charge in [-0.15, -0.1) is 0 Å². The van der Waals surface area contributed by atoms with Crippen molar-refractivity contribution in [3.05, 3.63) is 53.1 Å². The molecule has 3 N–H and O–H groups in total. The van der Waals surface area contributed by atoms with Crippen molar-refractivity contribution < 1.29 is 38.6 Å². The molecule has 2 rings (SSSR count). The fourth-order valence-corrected chi connectivity index (χ4v) is 2.97. The fraction of sp³-hybridized carbons (Fsp3) is 0.391. The van der Waals surface area contributed by atoms with E-state index in [1.54, 1.807) is 59.1 Å². The molecule has 0 aromatic heterocycles. The van der Waals surface area contributed by atoms with Gasteiger partial charge < -0.3 is 34.3 Å². The third kappa shape index (κ3) is 7.91. The SMILES string of the molecule is COc1ccc(COc2c(C[C@H](NC(=O)OC(C)(C)C)C(=O)O)ccc(C)c2O[B]O)cc1. The Balaban J connectivity index is 2.30. The zero-order chi connectivity index (χ0) is 24.6. The van der Waals surface area contributed by atoms with Gasteiger partial charge in [-0.25, -0.2) is 9.59 Å². The Labute approximate surface area is 193 Å². The topological polar surface area (TPSA) is 124 Å². The summed E-state index contributed by atoms with van der Waals surface area (Å²) in [6.45, 7) is 6.96. The summed E-state index contributed by atoms with van der Waals surface area (Å²) in [4.78, 5) is 24.0. The molecule has 0 aliphatic rings. The summed E-state index contributed by atoms with van der Waals surface area (Å²) >= 11 is 0. The van der Waals surface area contributed by atoms with Crippen LogP contribution in [0.1, 0.15) is 37.5 Å². The Kier molecular flexibility index (Phi) is 8.98. The number of rotatable bonds is 10. The van der Waals surface area contributed by atoms with Crippen LogP contribution >= 0.6 is 0 Å². The number of carbonyl (C=O) groups excluding carboxylic acids is 1. The predicted molar refractivity (Wildman–Crippen MR) is 122 cm³/mol. The van der Waals surface area contributed by atoms with Crippen LogP contribution in [0, 0.1) is 6.92 Å². The second-order valence-corrected chi connectivity index (χ2v) is 8.30. The summed E-state index contributed by atoms with van der Waals surface area (Å²) < 4.78 is 21.6. The molecule has 2 aromatic carbocycles. The first kappa shape index (κ1) is 25.9. The summed E-state index contributed by atoms with van der Waals surface area (Å²) in [5.41, 5.74) is 1.20. The molecule has 10 heteroatoms. The third-order valence-electron chi connectivity index (χ3n) is 4.52. The minimum atomic E-state index is -1.28. The fourth-order valence-electron chi connectivity index (χ4n) is 2.97. The van der Waals surface area contributed by atoms with Gasteiger partial charge in [0.1, 0.15) is 29.7 Å². The van der Waals surface area contributed by atoms with E-state index >= 15 is 0 Å². The van der Waals surface area contributed by atoms with Gasteiger partial charge in [0, 0.05) is 12.0 Å². The molecule has 1 amide bonds. The third-order valence-corrected chi connectivity index (χ3v) is 4.52. The van der Waals surface area contributed by atoms with Gasteiger partial charge in [-0.1, -0.05) is 24.3 Å². The van der Waals surface area contributed by atoms with E-state index in [-0.39, 0.29) is 24.5 Å². The zero-order valence-electron chi connectivity index (χ0n) is 19.4. The highest BCUT2D eigenvalue weighted by molar-refractivity contribution is 6.17. The van der Waals surface area contributed by atoms with Crippen molar-refractivity contribution in [1.29, 1.82) is 0 Å². The maximum absolute atomic E-state index is 12.1. The van der Waals surface area contributed by atoms with Crippen LogP contribution in [0.15, 0.2) is 36.4 Å². The van der Waals surface area contributed by atoms with Crippen molar-refractivity contribution in [1.82, 2.24) is 5.32 Å². The molecule has 1 radical (unpaired) electrons. The first-order valence-corrected chi connectivity index (χ1v) is 10.3. The largest absolute Gasteiger partial charge is 0.569 e. The second kappa shape index (κ2) is 11.5. The molecule has 9 nitrogen and oxygen atoms in total. The van der Waals surface area contributed by atoms with Crippen molar-refractivity contribution in [3.63, 3.8) is 0 Å². The number of aryl methyl sites for hydroxylation is 1. The van der Waals surface area contributed by atoms with Gasteiger partial charge in [-0.3, -0.25) is 0 Å². The van der Waals surface area contributed by atoms with E-state index in [0.717, 1.165) is 5.56 Å². The molecule has 0 unspecified atom stereocenters. The first-order chi connectivity index (χ1) is 15.5. The first-order valence-electron chi connectivity index (χ1n) is 10.3. The molecule has 2 aromatic rings. The Bertz CT molecular complexity index is 956. The van der Waals surface area contributed by atoms with Crippen LogP contribution in [0.3, 0.4) is 0 Å². The monoisotopic (exact) mass is 458 g/mol. The molecule has 1 atom stereocenters. The zero-order valence-corrected chi connectivity index (χ0v) is 19.4. The number of benzene rings is 2. The van der Waals surface area contributed by atoms with Crippen molar-refractivity contribution >= 4 is 19.7 Å². The van der Waals surface area contributed by atoms with E-state index in [1.165, 1.54) is 0 Å². The lowest BCUT2D eigenvalue weighted by molar-refractivity contribution is -0.139. The van der Waals surface area contributed by atoms with Gasteiger partial charge in [0.05, 0.1) is 7.11 Å². The van der Waals surface area contributed by atoms with Crippen molar-refractivity contribution in [2.45, 2.75) is 52.4 Å². The Hall–Kier alpha value is -3.40. The maximum Gasteiger partial charge on any atom is 0.569 e. The van der Waals surface area contributed by atoms with Gasteiger partial charge >= 0.3 is 19.7 Å². The van der Waals surface area contributed by atoms with Crippen LogP contribution in [0.4, 0.5) is 4.79 Å². The number of hydrogen-bond donors (Lipinski definition) is 3. The Morgan fingerprint density at radius 3 is 2.30 bits per heavy atom. The van der Waals surface area contributed by atoms with Gasteiger partial charge in [0.2, 0.25) is 0 Å². The van der Waals surface area contributed by atoms with E-state index in [2.05, 4.69) is 5.32 Å². The molecule has 33 heavy (non-hydrogen) atoms. The van der Waals surface area contributed by atoms with E-state index in [4.69, 9.17) is 18.9 Å². The number of alkyl carbamates (subject to hydrolysis) is 1. The predicted octanol–water partition coefficient (Wildman–Crippen LogP) is 3.01. The van der Waals surface area contributed by atoms with E-state index in [9.17, 15) is 19.7 Å². The number of amides is 1. The molecule has 0 aliphatic heterocycles. The van der Waals surface area contributed by atoms with Crippen LogP contribution in [-0.4, -0.2) is 48.6 Å². The Morgan fingerprint density at radius 2 is 1.76 bits per heavy atom. The molecule has 0 heterocycles. The summed E-state index contributed by atoms with van der Waals surface area (Å²) in [6.07, 6.45) is -0.947. The summed E-state index contributed by atoms with van der Waals surface area (Å²) in [5, 5.41) is 21.2. The lowest BCUT2D eigenvalue weighted by Crippen LogP contribution is -2.44.